The summed E-state index contributed by atoms with van der Waals surface area (Å²) in [5.74, 6) is 1.44. The van der Waals surface area contributed by atoms with Crippen molar-refractivity contribution >= 4 is 23.3 Å². The Hall–Kier alpha value is -3.40. The van der Waals surface area contributed by atoms with E-state index in [4.69, 9.17) is 15.5 Å². The molecule has 0 amide bonds. The Balaban J connectivity index is 1.56. The summed E-state index contributed by atoms with van der Waals surface area (Å²) in [6.45, 7) is 7.72. The van der Waals surface area contributed by atoms with Crippen LogP contribution in [0.2, 0.25) is 0 Å². The highest BCUT2D eigenvalue weighted by Crippen LogP contribution is 2.29. The molecule has 0 saturated carbocycles. The van der Waals surface area contributed by atoms with Crippen LogP contribution in [-0.2, 0) is 29.5 Å². The number of esters is 1. The van der Waals surface area contributed by atoms with Gasteiger partial charge in [0.2, 0.25) is 5.56 Å². The van der Waals surface area contributed by atoms with E-state index in [9.17, 15) is 9.59 Å². The van der Waals surface area contributed by atoms with Gasteiger partial charge in [-0.2, -0.15) is 9.61 Å². The van der Waals surface area contributed by atoms with Gasteiger partial charge in [0, 0.05) is 56.5 Å². The van der Waals surface area contributed by atoms with Crippen molar-refractivity contribution in [3.8, 4) is 0 Å². The van der Waals surface area contributed by atoms with Crippen molar-refractivity contribution in [2.75, 3.05) is 23.4 Å². The van der Waals surface area contributed by atoms with Gasteiger partial charge in [0.05, 0.1) is 12.8 Å². The summed E-state index contributed by atoms with van der Waals surface area (Å²) in [7, 11) is 1.75. The second-order valence-corrected chi connectivity index (χ2v) is 10.2. The number of hydrogen-bond acceptors (Lipinski definition) is 8. The van der Waals surface area contributed by atoms with Gasteiger partial charge in [0.25, 0.3) is 0 Å². The molecular weight excluding hydrogens is 470 g/mol. The zero-order valence-corrected chi connectivity index (χ0v) is 22.3. The lowest BCUT2D eigenvalue weighted by Gasteiger charge is -2.37. The number of pyridine rings is 1. The van der Waals surface area contributed by atoms with Crippen molar-refractivity contribution < 1.29 is 9.53 Å². The van der Waals surface area contributed by atoms with E-state index in [0.717, 1.165) is 67.1 Å². The molecule has 1 aliphatic rings. The third-order valence-electron chi connectivity index (χ3n) is 7.14. The number of carbonyl (C=O) groups is 1. The van der Waals surface area contributed by atoms with E-state index in [2.05, 4.69) is 22.2 Å². The topological polar surface area (TPSA) is 120 Å². The molecule has 3 aromatic heterocycles. The quantitative estimate of drug-likeness (QED) is 0.401. The van der Waals surface area contributed by atoms with Crippen LogP contribution in [0.1, 0.15) is 57.6 Å². The number of carbonyl (C=O) groups excluding carboxylic acids is 1. The van der Waals surface area contributed by atoms with E-state index in [1.165, 1.54) is 0 Å². The Morgan fingerprint density at radius 2 is 2.11 bits per heavy atom. The first-order valence-corrected chi connectivity index (χ1v) is 13.2. The third-order valence-corrected chi connectivity index (χ3v) is 7.14. The second kappa shape index (κ2) is 11.8. The Labute approximate surface area is 217 Å². The van der Waals surface area contributed by atoms with Gasteiger partial charge < -0.3 is 25.3 Å². The fourth-order valence-electron chi connectivity index (χ4n) is 4.73. The van der Waals surface area contributed by atoms with Crippen LogP contribution in [0.4, 0.5) is 11.6 Å². The monoisotopic (exact) mass is 509 g/mol. The number of hydrogen-bond donors (Lipinski definition) is 2. The molecule has 37 heavy (non-hydrogen) atoms. The lowest BCUT2D eigenvalue weighted by Crippen LogP contribution is -2.42. The number of fused-ring (bicyclic) bond motifs is 1. The van der Waals surface area contributed by atoms with Gasteiger partial charge in [-0.25, -0.2) is 4.98 Å². The van der Waals surface area contributed by atoms with Crippen molar-refractivity contribution in [2.45, 2.75) is 71.5 Å². The molecule has 200 valence electrons. The maximum atomic E-state index is 12.2. The molecule has 0 aromatic carbocycles. The van der Waals surface area contributed by atoms with Crippen molar-refractivity contribution in [2.24, 2.45) is 18.7 Å². The first-order chi connectivity index (χ1) is 17.8. The summed E-state index contributed by atoms with van der Waals surface area (Å²) < 4.78 is 8.94. The molecule has 2 atom stereocenters. The van der Waals surface area contributed by atoms with E-state index >= 15 is 0 Å². The van der Waals surface area contributed by atoms with Crippen LogP contribution >= 0.6 is 0 Å². The number of anilines is 2. The Morgan fingerprint density at radius 1 is 1.30 bits per heavy atom. The molecule has 0 bridgehead atoms. The van der Waals surface area contributed by atoms with Crippen molar-refractivity contribution in [1.29, 1.82) is 0 Å². The average Bonchev–Trinajstić information content (AvgIpc) is 3.32. The molecule has 1 aliphatic heterocycles. The van der Waals surface area contributed by atoms with Gasteiger partial charge in [0.1, 0.15) is 17.7 Å². The molecule has 3 N–H and O–H groups in total. The smallest absolute Gasteiger partial charge is 0.323 e. The largest absolute Gasteiger partial charge is 0.464 e. The van der Waals surface area contributed by atoms with Crippen LogP contribution in [0.15, 0.2) is 35.4 Å². The molecule has 0 radical (unpaired) electrons. The molecule has 4 heterocycles. The van der Waals surface area contributed by atoms with E-state index in [-0.39, 0.29) is 23.5 Å². The molecule has 3 aromatic rings. The fraction of sp³-hybridized carbons (Fsp3) is 0.556. The van der Waals surface area contributed by atoms with Crippen molar-refractivity contribution in [1.82, 2.24) is 19.2 Å². The molecule has 1 saturated heterocycles. The standard InChI is InChI=1S/C27H39N7O3/c1-5-20-16-30-34-22(29-15-19-9-10-24(35)32(4)17-19)14-23(31-26(20)34)33-12-7-6-8-21(33)11-13-37-27(36)25(28)18(2)3/h9-10,14,16-18,21,25,29H,5-8,11-13,15,28H2,1-4H3/t21-,25+/m0/s1. The summed E-state index contributed by atoms with van der Waals surface area (Å²) in [6.07, 6.45) is 8.49. The van der Waals surface area contributed by atoms with Crippen LogP contribution in [0.3, 0.4) is 0 Å². The van der Waals surface area contributed by atoms with Crippen LogP contribution in [-0.4, -0.2) is 50.4 Å². The minimum absolute atomic E-state index is 0.0370. The number of piperidine rings is 1. The third kappa shape index (κ3) is 6.12. The van der Waals surface area contributed by atoms with Crippen molar-refractivity contribution in [3.05, 3.63) is 52.1 Å². The highest BCUT2D eigenvalue weighted by molar-refractivity contribution is 5.75. The fourth-order valence-corrected chi connectivity index (χ4v) is 4.73. The molecule has 4 rings (SSSR count). The van der Waals surface area contributed by atoms with Crippen LogP contribution < -0.4 is 21.5 Å². The molecular formula is C27H39N7O3. The second-order valence-electron chi connectivity index (χ2n) is 10.2. The Morgan fingerprint density at radius 3 is 2.84 bits per heavy atom. The maximum absolute atomic E-state index is 12.2. The Bertz CT molecular complexity index is 1280. The van der Waals surface area contributed by atoms with Gasteiger partial charge in [-0.15, -0.1) is 0 Å². The number of ether oxygens (including phenoxy) is 1. The number of nitrogens with two attached hydrogens (primary N) is 1. The lowest BCUT2D eigenvalue weighted by molar-refractivity contribution is -0.146. The average molecular weight is 510 g/mol. The zero-order valence-electron chi connectivity index (χ0n) is 22.3. The minimum Gasteiger partial charge on any atom is -0.464 e. The summed E-state index contributed by atoms with van der Waals surface area (Å²) >= 11 is 0. The van der Waals surface area contributed by atoms with Crippen LogP contribution in [0.5, 0.6) is 0 Å². The first-order valence-electron chi connectivity index (χ1n) is 13.2. The normalized spacial score (nSPS) is 16.8. The van der Waals surface area contributed by atoms with E-state index in [1.54, 1.807) is 17.7 Å². The first kappa shape index (κ1) is 26.7. The van der Waals surface area contributed by atoms with Gasteiger partial charge >= 0.3 is 5.97 Å². The summed E-state index contributed by atoms with van der Waals surface area (Å²) in [6, 6.07) is 5.08. The van der Waals surface area contributed by atoms with Crippen LogP contribution in [0.25, 0.3) is 5.65 Å². The van der Waals surface area contributed by atoms with E-state index in [1.807, 2.05) is 42.9 Å². The number of rotatable bonds is 10. The number of aryl methyl sites for hydroxylation is 2. The van der Waals surface area contributed by atoms with Crippen molar-refractivity contribution in [3.63, 3.8) is 0 Å². The van der Waals surface area contributed by atoms with Crippen LogP contribution in [0, 0.1) is 5.92 Å². The summed E-state index contributed by atoms with van der Waals surface area (Å²) in [4.78, 5) is 31.4. The predicted octanol–water partition coefficient (Wildman–Crippen LogP) is 2.88. The molecule has 0 unspecified atom stereocenters. The SMILES string of the molecule is CCc1cnn2c(NCc3ccc(=O)n(C)c3)cc(N3CCCC[C@H]3CCOC(=O)[C@H](N)C(C)C)nc12. The molecule has 1 fully saturated rings. The molecule has 10 nitrogen and oxygen atoms in total. The van der Waals surface area contributed by atoms with Gasteiger partial charge in [0.15, 0.2) is 5.65 Å². The van der Waals surface area contributed by atoms with E-state index < -0.39 is 6.04 Å². The number of nitrogens with one attached hydrogen (secondary N) is 1. The highest BCUT2D eigenvalue weighted by Gasteiger charge is 2.26. The minimum atomic E-state index is -0.596. The molecule has 10 heteroatoms. The zero-order chi connectivity index (χ0) is 26.5. The van der Waals surface area contributed by atoms with Gasteiger partial charge in [-0.05, 0) is 37.2 Å². The summed E-state index contributed by atoms with van der Waals surface area (Å²) in [5.41, 5.74) is 8.82. The van der Waals surface area contributed by atoms with Gasteiger partial charge in [-0.1, -0.05) is 26.8 Å². The lowest BCUT2D eigenvalue weighted by atomic mass is 9.99. The predicted molar refractivity (Wildman–Crippen MR) is 145 cm³/mol. The van der Waals surface area contributed by atoms with E-state index in [0.29, 0.717) is 13.2 Å². The molecule has 0 aliphatic carbocycles. The number of aromatic nitrogens is 4. The maximum Gasteiger partial charge on any atom is 0.323 e. The van der Waals surface area contributed by atoms with Gasteiger partial charge in [-0.3, -0.25) is 9.59 Å². The number of nitrogens with zero attached hydrogens (tertiary/aromatic N) is 5. The summed E-state index contributed by atoms with van der Waals surface area (Å²) in [5, 5.41) is 8.09. The Kier molecular flexibility index (Phi) is 8.48. The highest BCUT2D eigenvalue weighted by atomic mass is 16.5. The molecule has 0 spiro atoms.